The Kier molecular flexibility index (Phi) is 2.18. The summed E-state index contributed by atoms with van der Waals surface area (Å²) in [6.07, 6.45) is 8.08. The van der Waals surface area contributed by atoms with E-state index in [0.717, 1.165) is 18.4 Å². The third-order valence-corrected chi connectivity index (χ3v) is 7.01. The Hall–Kier alpha value is -0.600. The van der Waals surface area contributed by atoms with E-state index >= 15 is 0 Å². The summed E-state index contributed by atoms with van der Waals surface area (Å²) >= 11 is 3.95. The fraction of sp³-hybridized carbons (Fsp3) is 0.500. The second-order valence-corrected chi connectivity index (χ2v) is 7.45. The molecule has 0 aliphatic heterocycles. The minimum Gasteiger partial charge on any atom is -0.383 e. The Morgan fingerprint density at radius 3 is 2.72 bits per heavy atom. The number of alkyl halides is 1. The molecular weight excluding hydrogens is 288 g/mol. The van der Waals surface area contributed by atoms with Crippen molar-refractivity contribution in [3.05, 3.63) is 48.0 Å². The summed E-state index contributed by atoms with van der Waals surface area (Å²) in [5.41, 5.74) is 0.383. The first-order valence-electron chi connectivity index (χ1n) is 6.81. The molecule has 0 unspecified atom stereocenters. The van der Waals surface area contributed by atoms with E-state index in [9.17, 15) is 5.11 Å². The minimum absolute atomic E-state index is 0.157. The highest BCUT2D eigenvalue weighted by Crippen LogP contribution is 2.67. The van der Waals surface area contributed by atoms with Crippen LogP contribution in [0.25, 0.3) is 0 Å². The van der Waals surface area contributed by atoms with Gasteiger partial charge in [0.1, 0.15) is 5.60 Å². The fourth-order valence-electron chi connectivity index (χ4n) is 4.58. The van der Waals surface area contributed by atoms with E-state index in [1.54, 1.807) is 0 Å². The van der Waals surface area contributed by atoms with Gasteiger partial charge in [0.05, 0.1) is 4.32 Å². The van der Waals surface area contributed by atoms with Crippen LogP contribution in [0.5, 0.6) is 0 Å². The Labute approximate surface area is 116 Å². The topological polar surface area (TPSA) is 20.2 Å². The lowest BCUT2D eigenvalue weighted by Gasteiger charge is -2.49. The molecule has 0 radical (unpaired) electrons. The Balaban J connectivity index is 1.91. The van der Waals surface area contributed by atoms with Crippen molar-refractivity contribution >= 4 is 15.9 Å². The van der Waals surface area contributed by atoms with Crippen LogP contribution < -0.4 is 0 Å². The van der Waals surface area contributed by atoms with Crippen molar-refractivity contribution in [2.45, 2.75) is 29.2 Å². The number of fused-ring (bicyclic) bond motifs is 6. The van der Waals surface area contributed by atoms with Crippen molar-refractivity contribution in [2.75, 3.05) is 0 Å². The van der Waals surface area contributed by atoms with Gasteiger partial charge in [0.25, 0.3) is 0 Å². The average molecular weight is 305 g/mol. The first kappa shape index (κ1) is 11.2. The largest absolute Gasteiger partial charge is 0.383 e. The van der Waals surface area contributed by atoms with Crippen LogP contribution in [0.2, 0.25) is 0 Å². The van der Waals surface area contributed by atoms with E-state index in [1.807, 2.05) is 18.2 Å². The summed E-state index contributed by atoms with van der Waals surface area (Å²) in [4.78, 5) is 0. The molecular formula is C16H17BrO. The van der Waals surface area contributed by atoms with Gasteiger partial charge in [0, 0.05) is 0 Å². The minimum atomic E-state index is -0.703. The standard InChI is InChI=1S/C16H17BrO/c17-15-9-8-14(11-6-7-13(15)10-11)16(15,18)12-4-2-1-3-5-12/h1-7,11,13-14,18H,8-10H2/t11-,13+,14+,15+,16-/m0/s1. The predicted molar refractivity (Wildman–Crippen MR) is 75.5 cm³/mol. The summed E-state index contributed by atoms with van der Waals surface area (Å²) in [6, 6.07) is 10.3. The van der Waals surface area contributed by atoms with Crippen molar-refractivity contribution in [3.8, 4) is 0 Å². The maximum atomic E-state index is 11.5. The van der Waals surface area contributed by atoms with Crippen molar-refractivity contribution < 1.29 is 5.11 Å². The van der Waals surface area contributed by atoms with E-state index < -0.39 is 5.60 Å². The molecule has 94 valence electrons. The van der Waals surface area contributed by atoms with Gasteiger partial charge in [-0.15, -0.1) is 0 Å². The number of hydrogen-bond donors (Lipinski definition) is 1. The summed E-state index contributed by atoms with van der Waals surface area (Å²) in [6.45, 7) is 0. The molecule has 1 nitrogen and oxygen atoms in total. The molecule has 4 bridgehead atoms. The van der Waals surface area contributed by atoms with Crippen LogP contribution in [0.4, 0.5) is 0 Å². The average Bonchev–Trinajstić information content (AvgIpc) is 2.90. The third kappa shape index (κ3) is 1.12. The van der Waals surface area contributed by atoms with Crippen LogP contribution in [0.1, 0.15) is 24.8 Å². The van der Waals surface area contributed by atoms with E-state index in [0.29, 0.717) is 17.8 Å². The Morgan fingerprint density at radius 1 is 1.17 bits per heavy atom. The van der Waals surface area contributed by atoms with Gasteiger partial charge in [0.2, 0.25) is 0 Å². The Morgan fingerprint density at radius 2 is 1.94 bits per heavy atom. The number of benzene rings is 1. The number of aliphatic hydroxyl groups is 1. The number of rotatable bonds is 1. The van der Waals surface area contributed by atoms with E-state index in [-0.39, 0.29) is 4.32 Å². The smallest absolute Gasteiger partial charge is 0.109 e. The third-order valence-electron chi connectivity index (χ3n) is 5.42. The van der Waals surface area contributed by atoms with Crippen LogP contribution in [0.3, 0.4) is 0 Å². The molecule has 1 aromatic carbocycles. The maximum Gasteiger partial charge on any atom is 0.109 e. The van der Waals surface area contributed by atoms with Crippen LogP contribution in [0.15, 0.2) is 42.5 Å². The van der Waals surface area contributed by atoms with Gasteiger partial charge < -0.3 is 5.11 Å². The number of allylic oxidation sites excluding steroid dienone is 2. The molecule has 0 amide bonds. The fourth-order valence-corrected chi connectivity index (χ4v) is 5.67. The highest BCUT2D eigenvalue weighted by atomic mass is 79.9. The molecule has 3 aliphatic carbocycles. The summed E-state index contributed by atoms with van der Waals surface area (Å²) in [7, 11) is 0. The molecule has 0 heterocycles. The predicted octanol–water partition coefficient (Wildman–Crippen LogP) is 3.62. The summed E-state index contributed by atoms with van der Waals surface area (Å²) < 4.78 is -0.157. The van der Waals surface area contributed by atoms with Gasteiger partial charge in [-0.25, -0.2) is 0 Å². The molecule has 1 N–H and O–H groups in total. The monoisotopic (exact) mass is 304 g/mol. The molecule has 1 aromatic rings. The molecule has 2 heteroatoms. The van der Waals surface area contributed by atoms with E-state index in [4.69, 9.17) is 0 Å². The zero-order valence-electron chi connectivity index (χ0n) is 10.2. The number of hydrogen-bond acceptors (Lipinski definition) is 1. The van der Waals surface area contributed by atoms with Crippen molar-refractivity contribution in [3.63, 3.8) is 0 Å². The van der Waals surface area contributed by atoms with Crippen molar-refractivity contribution in [1.82, 2.24) is 0 Å². The molecule has 0 saturated heterocycles. The quantitative estimate of drug-likeness (QED) is 0.620. The summed E-state index contributed by atoms with van der Waals surface area (Å²) in [5.74, 6) is 1.41. The zero-order chi connectivity index (χ0) is 12.4. The van der Waals surface area contributed by atoms with E-state index in [2.05, 4.69) is 40.2 Å². The lowest BCUT2D eigenvalue weighted by Crippen LogP contribution is -2.54. The van der Waals surface area contributed by atoms with Gasteiger partial charge in [0.15, 0.2) is 0 Å². The van der Waals surface area contributed by atoms with Crippen molar-refractivity contribution in [1.29, 1.82) is 0 Å². The zero-order valence-corrected chi connectivity index (χ0v) is 11.8. The summed E-state index contributed by atoms with van der Waals surface area (Å²) in [5, 5.41) is 11.5. The molecule has 3 aliphatic rings. The molecule has 2 fully saturated rings. The van der Waals surface area contributed by atoms with Crippen LogP contribution in [-0.4, -0.2) is 9.43 Å². The van der Waals surface area contributed by atoms with Gasteiger partial charge in [-0.2, -0.15) is 0 Å². The van der Waals surface area contributed by atoms with Crippen molar-refractivity contribution in [2.24, 2.45) is 17.8 Å². The first-order chi connectivity index (χ1) is 8.66. The first-order valence-corrected chi connectivity index (χ1v) is 7.61. The van der Waals surface area contributed by atoms with Gasteiger partial charge in [-0.3, -0.25) is 0 Å². The van der Waals surface area contributed by atoms with Gasteiger partial charge in [-0.05, 0) is 42.6 Å². The highest BCUT2D eigenvalue weighted by Gasteiger charge is 2.67. The lowest BCUT2D eigenvalue weighted by atomic mass is 9.64. The molecule has 4 rings (SSSR count). The molecule has 5 atom stereocenters. The second kappa shape index (κ2) is 3.49. The highest BCUT2D eigenvalue weighted by molar-refractivity contribution is 9.10. The molecule has 0 aromatic heterocycles. The van der Waals surface area contributed by atoms with Crippen LogP contribution in [0, 0.1) is 17.8 Å². The second-order valence-electron chi connectivity index (χ2n) is 6.03. The van der Waals surface area contributed by atoms with Gasteiger partial charge in [-0.1, -0.05) is 58.4 Å². The van der Waals surface area contributed by atoms with Crippen LogP contribution >= 0.6 is 15.9 Å². The SMILES string of the molecule is O[C@@]1(c2ccccc2)[C@@H]2CC[C@@]1(Br)[C@@H]1C=C[C@H]2C1. The number of halogens is 1. The molecule has 0 spiro atoms. The lowest BCUT2D eigenvalue weighted by molar-refractivity contribution is -0.0710. The molecule has 2 saturated carbocycles. The van der Waals surface area contributed by atoms with Crippen LogP contribution in [-0.2, 0) is 5.60 Å². The van der Waals surface area contributed by atoms with Gasteiger partial charge >= 0.3 is 0 Å². The van der Waals surface area contributed by atoms with E-state index in [1.165, 1.54) is 6.42 Å². The maximum absolute atomic E-state index is 11.5. The molecule has 18 heavy (non-hydrogen) atoms. The Bertz CT molecular complexity index is 511. The normalized spacial score (nSPS) is 48.7.